The molecule has 0 saturated heterocycles. The first-order chi connectivity index (χ1) is 10.8. The van der Waals surface area contributed by atoms with E-state index >= 15 is 0 Å². The highest BCUT2D eigenvalue weighted by Crippen LogP contribution is 2.20. The minimum Gasteiger partial charge on any atom is -0.295 e. The maximum Gasteiger partial charge on any atom is 0.458 e. The third-order valence-electron chi connectivity index (χ3n) is 3.05. The Morgan fingerprint density at radius 1 is 0.957 bits per heavy atom. The van der Waals surface area contributed by atoms with Crippen molar-refractivity contribution in [3.63, 3.8) is 0 Å². The van der Waals surface area contributed by atoms with Crippen LogP contribution >= 0.6 is 0 Å². The molecule has 4 heteroatoms. The Morgan fingerprint density at radius 2 is 1.57 bits per heavy atom. The summed E-state index contributed by atoms with van der Waals surface area (Å²) in [5.41, 5.74) is 2.08. The molecule has 1 nitrogen and oxygen atoms in total. The van der Waals surface area contributed by atoms with E-state index in [1.54, 1.807) is 60.7 Å². The van der Waals surface area contributed by atoms with Crippen LogP contribution in [0.25, 0.3) is 11.6 Å². The molecule has 0 aliphatic carbocycles. The molecule has 0 aliphatic heterocycles. The summed E-state index contributed by atoms with van der Waals surface area (Å²) in [7, 11) is 0. The molecule has 0 unspecified atom stereocenters. The number of rotatable bonds is 3. The Balaban J connectivity index is 2.44. The third-order valence-corrected chi connectivity index (χ3v) is 3.05. The summed E-state index contributed by atoms with van der Waals surface area (Å²) in [6, 6.07) is 15.3. The van der Waals surface area contributed by atoms with Gasteiger partial charge in [-0.1, -0.05) is 60.5 Å². The Hall–Kier alpha value is -2.80. The second-order valence-electron chi connectivity index (χ2n) is 4.85. The second kappa shape index (κ2) is 6.97. The first kappa shape index (κ1) is 16.6. The van der Waals surface area contributed by atoms with Gasteiger partial charge in [-0.25, -0.2) is 0 Å². The first-order valence-electron chi connectivity index (χ1n) is 6.83. The molecule has 2 aromatic carbocycles. The fourth-order valence-electron chi connectivity index (χ4n) is 1.93. The van der Waals surface area contributed by atoms with Crippen LogP contribution in [0.3, 0.4) is 0 Å². The van der Waals surface area contributed by atoms with Gasteiger partial charge in [0.2, 0.25) is 0 Å². The van der Waals surface area contributed by atoms with E-state index in [-0.39, 0.29) is 11.4 Å². The van der Waals surface area contributed by atoms with Gasteiger partial charge in [-0.3, -0.25) is 4.79 Å². The zero-order chi connectivity index (χ0) is 16.9. The smallest absolute Gasteiger partial charge is 0.295 e. The fraction of sp³-hybridized carbons (Fsp3) is 0.105. The lowest BCUT2D eigenvalue weighted by Crippen LogP contribution is -2.01. The third kappa shape index (κ3) is 5.15. The zero-order valence-electron chi connectivity index (χ0n) is 12.3. The lowest BCUT2D eigenvalue weighted by Gasteiger charge is -2.03. The van der Waals surface area contributed by atoms with Crippen molar-refractivity contribution < 1.29 is 18.0 Å². The summed E-state index contributed by atoms with van der Waals surface area (Å²) < 4.78 is 37.1. The molecule has 0 saturated carbocycles. The van der Waals surface area contributed by atoms with Crippen LogP contribution in [0.4, 0.5) is 13.2 Å². The average molecular weight is 314 g/mol. The zero-order valence-corrected chi connectivity index (χ0v) is 12.3. The molecule has 0 aliphatic rings. The molecule has 0 atom stereocenters. The Kier molecular flexibility index (Phi) is 5.02. The number of benzene rings is 2. The van der Waals surface area contributed by atoms with Crippen LogP contribution in [0, 0.1) is 11.8 Å². The van der Waals surface area contributed by atoms with Gasteiger partial charge in [0, 0.05) is 17.1 Å². The van der Waals surface area contributed by atoms with Gasteiger partial charge in [0.25, 0.3) is 0 Å². The number of allylic oxidation sites excluding steroid dienone is 1. The largest absolute Gasteiger partial charge is 0.458 e. The number of hydrogen-bond donors (Lipinski definition) is 0. The van der Waals surface area contributed by atoms with Crippen LogP contribution in [0.5, 0.6) is 0 Å². The molecule has 0 radical (unpaired) electrons. The van der Waals surface area contributed by atoms with Crippen molar-refractivity contribution in [1.29, 1.82) is 0 Å². The van der Waals surface area contributed by atoms with Crippen molar-refractivity contribution in [3.05, 3.63) is 71.3 Å². The molecule has 0 amide bonds. The quantitative estimate of drug-likeness (QED) is 0.443. The van der Waals surface area contributed by atoms with Crippen molar-refractivity contribution >= 4 is 17.4 Å². The maximum absolute atomic E-state index is 12.4. The van der Waals surface area contributed by atoms with E-state index in [9.17, 15) is 18.0 Å². The van der Waals surface area contributed by atoms with E-state index in [0.29, 0.717) is 16.7 Å². The maximum atomic E-state index is 12.4. The van der Waals surface area contributed by atoms with Gasteiger partial charge in [-0.2, -0.15) is 13.2 Å². The molecule has 0 N–H and O–H groups in total. The van der Waals surface area contributed by atoms with E-state index in [1.807, 2.05) is 0 Å². The second-order valence-corrected chi connectivity index (χ2v) is 4.85. The van der Waals surface area contributed by atoms with Crippen LogP contribution < -0.4 is 0 Å². The molecule has 116 valence electrons. The molecule has 0 spiro atoms. The molecule has 0 bridgehead atoms. The number of carbonyl (C=O) groups excluding carboxylic acids is 1. The number of halogens is 3. The summed E-state index contributed by atoms with van der Waals surface area (Å²) in [6.07, 6.45) is -2.98. The minimum atomic E-state index is -4.55. The van der Waals surface area contributed by atoms with Gasteiger partial charge in [-0.15, -0.1) is 0 Å². The van der Waals surface area contributed by atoms with Crippen molar-refractivity contribution in [2.24, 2.45) is 0 Å². The van der Waals surface area contributed by atoms with Gasteiger partial charge in [0.05, 0.1) is 0 Å². The Morgan fingerprint density at radius 3 is 2.09 bits per heavy atom. The van der Waals surface area contributed by atoms with Gasteiger partial charge in [-0.05, 0) is 24.1 Å². The molecule has 2 rings (SSSR count). The number of ketones is 1. The predicted octanol–water partition coefficient (Wildman–Crippen LogP) is 5.00. The molecule has 0 aromatic heterocycles. The minimum absolute atomic E-state index is 0.0688. The van der Waals surface area contributed by atoms with Crippen molar-refractivity contribution in [1.82, 2.24) is 0 Å². The van der Waals surface area contributed by atoms with Crippen LogP contribution in [0.2, 0.25) is 0 Å². The fourth-order valence-corrected chi connectivity index (χ4v) is 1.93. The van der Waals surface area contributed by atoms with E-state index < -0.39 is 6.18 Å². The van der Waals surface area contributed by atoms with E-state index in [4.69, 9.17) is 0 Å². The molecule has 2 aromatic rings. The topological polar surface area (TPSA) is 17.1 Å². The van der Waals surface area contributed by atoms with Gasteiger partial charge < -0.3 is 0 Å². The standard InChI is InChI=1S/C19H13F3O/c1-14(23)16-9-7-15(8-10-16)13-18(11-12-19(20,21)22)17-5-3-2-4-6-17/h2-10,13H,1H3/b18-13+. The Bertz CT molecular complexity index is 773. The summed E-state index contributed by atoms with van der Waals surface area (Å²) in [5.74, 6) is 3.41. The number of alkyl halides is 3. The highest BCUT2D eigenvalue weighted by atomic mass is 19.4. The molecule has 23 heavy (non-hydrogen) atoms. The number of Topliss-reactive ketones (excluding diaryl/α,β-unsaturated/α-hetero) is 1. The predicted molar refractivity (Wildman–Crippen MR) is 84.6 cm³/mol. The number of carbonyl (C=O) groups is 1. The highest BCUT2D eigenvalue weighted by molar-refractivity contribution is 5.95. The first-order valence-corrected chi connectivity index (χ1v) is 6.83. The van der Waals surface area contributed by atoms with Crippen LogP contribution in [0.1, 0.15) is 28.4 Å². The molecule has 0 fully saturated rings. The van der Waals surface area contributed by atoms with Crippen LogP contribution in [-0.4, -0.2) is 12.0 Å². The van der Waals surface area contributed by atoms with E-state index in [1.165, 1.54) is 12.8 Å². The van der Waals surface area contributed by atoms with Gasteiger partial charge in [0.1, 0.15) is 0 Å². The van der Waals surface area contributed by atoms with Crippen molar-refractivity contribution in [2.75, 3.05) is 0 Å². The van der Waals surface area contributed by atoms with Crippen LogP contribution in [0.15, 0.2) is 54.6 Å². The summed E-state index contributed by atoms with van der Waals surface area (Å²) in [5, 5.41) is 0. The van der Waals surface area contributed by atoms with Gasteiger partial charge >= 0.3 is 6.18 Å². The van der Waals surface area contributed by atoms with Crippen LogP contribution in [-0.2, 0) is 0 Å². The summed E-state index contributed by atoms with van der Waals surface area (Å²) in [4.78, 5) is 11.3. The van der Waals surface area contributed by atoms with Crippen molar-refractivity contribution in [2.45, 2.75) is 13.1 Å². The van der Waals surface area contributed by atoms with E-state index in [0.717, 1.165) is 0 Å². The normalized spacial score (nSPS) is 11.6. The molecular weight excluding hydrogens is 301 g/mol. The Labute approximate surface area is 132 Å². The molecular formula is C19H13F3O. The average Bonchev–Trinajstić information content (AvgIpc) is 2.52. The lowest BCUT2D eigenvalue weighted by atomic mass is 10.0. The SMILES string of the molecule is CC(=O)c1ccc(/C=C(\C#CC(F)(F)F)c2ccccc2)cc1. The molecule has 0 heterocycles. The summed E-state index contributed by atoms with van der Waals surface area (Å²) in [6.45, 7) is 1.45. The van der Waals surface area contributed by atoms with Gasteiger partial charge in [0.15, 0.2) is 5.78 Å². The summed E-state index contributed by atoms with van der Waals surface area (Å²) >= 11 is 0. The lowest BCUT2D eigenvalue weighted by molar-refractivity contribution is -0.0696. The monoisotopic (exact) mass is 314 g/mol. The highest BCUT2D eigenvalue weighted by Gasteiger charge is 2.23. The number of hydrogen-bond acceptors (Lipinski definition) is 1. The van der Waals surface area contributed by atoms with E-state index in [2.05, 4.69) is 5.92 Å². The van der Waals surface area contributed by atoms with Crippen molar-refractivity contribution in [3.8, 4) is 11.8 Å².